The Balaban J connectivity index is 2.20. The second kappa shape index (κ2) is 6.77. The van der Waals surface area contributed by atoms with Gasteiger partial charge in [-0.05, 0) is 23.8 Å². The molecule has 20 heavy (non-hydrogen) atoms. The normalized spacial score (nSPS) is 11.9. The third kappa shape index (κ3) is 3.52. The molecule has 0 aliphatic heterocycles. The van der Waals surface area contributed by atoms with Gasteiger partial charge in [-0.15, -0.1) is 11.6 Å². The second-order valence-electron chi connectivity index (χ2n) is 4.25. The number of hydrogen-bond donors (Lipinski definition) is 2. The number of aromatic hydroxyl groups is 1. The van der Waals surface area contributed by atoms with Crippen LogP contribution in [0.25, 0.3) is 0 Å². The Morgan fingerprint density at radius 2 is 1.95 bits per heavy atom. The molecule has 0 fully saturated rings. The van der Waals surface area contributed by atoms with Gasteiger partial charge >= 0.3 is 0 Å². The van der Waals surface area contributed by atoms with Crippen LogP contribution in [0, 0.1) is 0 Å². The van der Waals surface area contributed by atoms with Crippen molar-refractivity contribution in [3.63, 3.8) is 0 Å². The average molecular weight is 355 g/mol. The number of halogens is 2. The molecule has 2 aromatic carbocycles. The first-order valence-electron chi connectivity index (χ1n) is 6.02. The fourth-order valence-electron chi connectivity index (χ4n) is 1.82. The lowest BCUT2D eigenvalue weighted by atomic mass is 10.1. The predicted molar refractivity (Wildman–Crippen MR) is 83.2 cm³/mol. The highest BCUT2D eigenvalue weighted by atomic mass is 79.9. The lowest BCUT2D eigenvalue weighted by molar-refractivity contribution is 0.0937. The van der Waals surface area contributed by atoms with Crippen LogP contribution < -0.4 is 5.32 Å². The lowest BCUT2D eigenvalue weighted by Gasteiger charge is -2.17. The van der Waals surface area contributed by atoms with Crippen LogP contribution in [-0.2, 0) is 0 Å². The minimum absolute atomic E-state index is 0.0629. The number of carbonyl (C=O) groups excluding carboxylic acids is 1. The molecule has 0 radical (unpaired) electrons. The summed E-state index contributed by atoms with van der Waals surface area (Å²) in [4.78, 5) is 12.2. The first kappa shape index (κ1) is 14.9. The zero-order valence-corrected chi connectivity index (χ0v) is 12.9. The van der Waals surface area contributed by atoms with Gasteiger partial charge in [-0.3, -0.25) is 4.79 Å². The van der Waals surface area contributed by atoms with Gasteiger partial charge in [0.25, 0.3) is 5.91 Å². The van der Waals surface area contributed by atoms with Gasteiger partial charge in [-0.2, -0.15) is 0 Å². The number of amides is 1. The van der Waals surface area contributed by atoms with E-state index in [1.54, 1.807) is 12.1 Å². The number of nitrogens with one attached hydrogen (secondary N) is 1. The van der Waals surface area contributed by atoms with E-state index in [-0.39, 0.29) is 29.1 Å². The first-order valence-corrected chi connectivity index (χ1v) is 7.35. The molecule has 0 saturated heterocycles. The number of hydrogen-bond acceptors (Lipinski definition) is 2. The maximum Gasteiger partial charge on any atom is 0.255 e. The van der Waals surface area contributed by atoms with E-state index in [9.17, 15) is 9.90 Å². The Morgan fingerprint density at radius 1 is 1.25 bits per heavy atom. The Hall–Kier alpha value is -1.52. The van der Waals surface area contributed by atoms with E-state index in [4.69, 9.17) is 11.6 Å². The van der Waals surface area contributed by atoms with Crippen LogP contribution in [0.1, 0.15) is 22.0 Å². The van der Waals surface area contributed by atoms with Crippen LogP contribution in [0.5, 0.6) is 5.75 Å². The van der Waals surface area contributed by atoms with Crippen LogP contribution in [-0.4, -0.2) is 16.9 Å². The van der Waals surface area contributed by atoms with Gasteiger partial charge in [0.1, 0.15) is 5.75 Å². The van der Waals surface area contributed by atoms with Crippen LogP contribution in [0.15, 0.2) is 53.0 Å². The highest BCUT2D eigenvalue weighted by Crippen LogP contribution is 2.23. The van der Waals surface area contributed by atoms with E-state index in [0.29, 0.717) is 0 Å². The molecule has 1 atom stereocenters. The Kier molecular flexibility index (Phi) is 5.04. The number of carbonyl (C=O) groups is 1. The van der Waals surface area contributed by atoms with E-state index in [1.807, 2.05) is 30.3 Å². The third-order valence-corrected chi connectivity index (χ3v) is 3.67. The van der Waals surface area contributed by atoms with Crippen LogP contribution in [0.4, 0.5) is 0 Å². The largest absolute Gasteiger partial charge is 0.507 e. The fourth-order valence-corrected chi connectivity index (χ4v) is 2.44. The van der Waals surface area contributed by atoms with Gasteiger partial charge in [0, 0.05) is 10.4 Å². The summed E-state index contributed by atoms with van der Waals surface area (Å²) in [5.41, 5.74) is 1.13. The van der Waals surface area contributed by atoms with Gasteiger partial charge in [-0.1, -0.05) is 46.3 Å². The highest BCUT2D eigenvalue weighted by molar-refractivity contribution is 9.10. The van der Waals surface area contributed by atoms with Crippen molar-refractivity contribution in [3.05, 3.63) is 64.1 Å². The van der Waals surface area contributed by atoms with Gasteiger partial charge in [-0.25, -0.2) is 0 Å². The highest BCUT2D eigenvalue weighted by Gasteiger charge is 2.17. The van der Waals surface area contributed by atoms with Gasteiger partial charge in [0.2, 0.25) is 0 Å². The molecule has 2 rings (SSSR count). The molecule has 0 spiro atoms. The van der Waals surface area contributed by atoms with Crippen LogP contribution in [0.3, 0.4) is 0 Å². The quantitative estimate of drug-likeness (QED) is 0.819. The smallest absolute Gasteiger partial charge is 0.255 e. The summed E-state index contributed by atoms with van der Waals surface area (Å²) in [6.07, 6.45) is 0. The van der Waals surface area contributed by atoms with Crippen molar-refractivity contribution in [3.8, 4) is 5.75 Å². The van der Waals surface area contributed by atoms with Crippen molar-refractivity contribution in [1.82, 2.24) is 5.32 Å². The SMILES string of the molecule is O=C(NC(CCl)c1ccccc1)c1cc(Br)ccc1O. The summed E-state index contributed by atoms with van der Waals surface area (Å²) < 4.78 is 0.725. The number of benzene rings is 2. The number of rotatable bonds is 4. The van der Waals surface area contributed by atoms with Crippen molar-refractivity contribution in [2.24, 2.45) is 0 Å². The zero-order valence-electron chi connectivity index (χ0n) is 10.5. The summed E-state index contributed by atoms with van der Waals surface area (Å²) >= 11 is 9.19. The maximum atomic E-state index is 12.2. The van der Waals surface area contributed by atoms with Gasteiger partial charge in [0.05, 0.1) is 11.6 Å². The predicted octanol–water partition coefficient (Wildman–Crippen LogP) is 3.86. The number of phenolic OH excluding ortho intramolecular Hbond substituents is 1. The third-order valence-electron chi connectivity index (χ3n) is 2.86. The summed E-state index contributed by atoms with van der Waals surface area (Å²) in [6.45, 7) is 0. The van der Waals surface area contributed by atoms with Crippen molar-refractivity contribution >= 4 is 33.4 Å². The molecule has 0 aliphatic rings. The van der Waals surface area contributed by atoms with E-state index < -0.39 is 0 Å². The molecule has 5 heteroatoms. The number of phenols is 1. The fraction of sp³-hybridized carbons (Fsp3) is 0.133. The van der Waals surface area contributed by atoms with Crippen molar-refractivity contribution in [1.29, 1.82) is 0 Å². The molecule has 2 N–H and O–H groups in total. The van der Waals surface area contributed by atoms with Gasteiger partial charge < -0.3 is 10.4 Å². The van der Waals surface area contributed by atoms with Gasteiger partial charge in [0.15, 0.2) is 0 Å². The molecule has 0 aromatic heterocycles. The van der Waals surface area contributed by atoms with Crippen molar-refractivity contribution in [2.75, 3.05) is 5.88 Å². The summed E-state index contributed by atoms with van der Waals surface area (Å²) in [5, 5.41) is 12.6. The van der Waals surface area contributed by atoms with Crippen molar-refractivity contribution in [2.45, 2.75) is 6.04 Å². The summed E-state index contributed by atoms with van der Waals surface area (Å²) in [7, 11) is 0. The molecule has 1 amide bonds. The first-order chi connectivity index (χ1) is 9.61. The minimum Gasteiger partial charge on any atom is -0.507 e. The molecule has 3 nitrogen and oxygen atoms in total. The number of alkyl halides is 1. The molecule has 2 aromatic rings. The molecule has 0 saturated carbocycles. The molecule has 0 bridgehead atoms. The standard InChI is InChI=1S/C15H13BrClNO2/c16-11-6-7-14(19)12(8-11)15(20)18-13(9-17)10-4-2-1-3-5-10/h1-8,13,19H,9H2,(H,18,20). The van der Waals surface area contributed by atoms with Crippen LogP contribution >= 0.6 is 27.5 Å². The minimum atomic E-state index is -0.363. The topological polar surface area (TPSA) is 49.3 Å². The molecule has 104 valence electrons. The van der Waals surface area contributed by atoms with E-state index >= 15 is 0 Å². The Labute approximate surface area is 130 Å². The van der Waals surface area contributed by atoms with Crippen molar-refractivity contribution < 1.29 is 9.90 Å². The molecule has 0 heterocycles. The molecule has 1 unspecified atom stereocenters. The average Bonchev–Trinajstić information content (AvgIpc) is 2.48. The molecule has 0 aliphatic carbocycles. The second-order valence-corrected chi connectivity index (χ2v) is 5.48. The Morgan fingerprint density at radius 3 is 2.60 bits per heavy atom. The van der Waals surface area contributed by atoms with Crippen LogP contribution in [0.2, 0.25) is 0 Å². The monoisotopic (exact) mass is 353 g/mol. The molecular weight excluding hydrogens is 342 g/mol. The lowest BCUT2D eigenvalue weighted by Crippen LogP contribution is -2.29. The zero-order chi connectivity index (χ0) is 14.5. The van der Waals surface area contributed by atoms with E-state index in [1.165, 1.54) is 6.07 Å². The van der Waals surface area contributed by atoms with E-state index in [2.05, 4.69) is 21.2 Å². The Bertz CT molecular complexity index is 604. The summed E-state index contributed by atoms with van der Waals surface area (Å²) in [5.74, 6) is -0.171. The summed E-state index contributed by atoms with van der Waals surface area (Å²) in [6, 6.07) is 13.9. The molecular formula is C15H13BrClNO2. The van der Waals surface area contributed by atoms with E-state index in [0.717, 1.165) is 10.0 Å². The maximum absolute atomic E-state index is 12.2.